The summed E-state index contributed by atoms with van der Waals surface area (Å²) in [5, 5.41) is 31.5. The molecule has 0 unspecified atom stereocenters. The van der Waals surface area contributed by atoms with Crippen LogP contribution in [0.4, 0.5) is 5.69 Å². The van der Waals surface area contributed by atoms with Crippen LogP contribution in [0.25, 0.3) is 11.6 Å². The maximum absolute atomic E-state index is 13.8. The van der Waals surface area contributed by atoms with Gasteiger partial charge in [-0.05, 0) is 95.8 Å². The van der Waals surface area contributed by atoms with E-state index in [-0.39, 0.29) is 36.9 Å². The third-order valence-corrected chi connectivity index (χ3v) is 8.97. The fraction of sp³-hybridized carbons (Fsp3) is 0.273. The zero-order chi connectivity index (χ0) is 29.4. The molecule has 7 nitrogen and oxygen atoms in total. The number of rotatable bonds is 7. The molecule has 3 aromatic rings. The Hall–Kier alpha value is -3.69. The number of nitrogens with zero attached hydrogens (tertiary/aromatic N) is 1. The van der Waals surface area contributed by atoms with Crippen LogP contribution in [0.1, 0.15) is 30.4 Å². The summed E-state index contributed by atoms with van der Waals surface area (Å²) in [4.78, 5) is 28.6. The summed E-state index contributed by atoms with van der Waals surface area (Å²) >= 11 is 6.43. The number of hydrogen-bond donors (Lipinski definition) is 3. The van der Waals surface area contributed by atoms with Gasteiger partial charge in [-0.15, -0.1) is 0 Å². The minimum atomic E-state index is -1.10. The first kappa shape index (κ1) is 28.4. The molecule has 0 saturated carbocycles. The predicted molar refractivity (Wildman–Crippen MR) is 162 cm³/mol. The van der Waals surface area contributed by atoms with Crippen molar-refractivity contribution in [3.05, 3.63) is 106 Å². The van der Waals surface area contributed by atoms with Gasteiger partial charge in [-0.1, -0.05) is 60.1 Å². The fourth-order valence-electron chi connectivity index (χ4n) is 6.80. The lowest BCUT2D eigenvalue weighted by atomic mass is 9.58. The molecular formula is C33H31BClNO6. The van der Waals surface area contributed by atoms with Crippen LogP contribution in [0.5, 0.6) is 5.75 Å². The number of halogens is 1. The summed E-state index contributed by atoms with van der Waals surface area (Å²) in [7, 11) is -1.10. The number of carbonyl (C=O) groups excluding carboxylic acids is 2. The van der Waals surface area contributed by atoms with E-state index in [0.29, 0.717) is 29.1 Å². The second-order valence-electron chi connectivity index (χ2n) is 11.1. The molecule has 6 rings (SSSR count). The quantitative estimate of drug-likeness (QED) is 0.150. The molecule has 2 fully saturated rings. The van der Waals surface area contributed by atoms with Crippen LogP contribution in [0.3, 0.4) is 0 Å². The Morgan fingerprint density at radius 1 is 1.00 bits per heavy atom. The molecule has 2 amide bonds. The minimum absolute atomic E-state index is 0.0823. The zero-order valence-electron chi connectivity index (χ0n) is 22.9. The van der Waals surface area contributed by atoms with Crippen molar-refractivity contribution in [1.29, 1.82) is 0 Å². The molecule has 214 valence electrons. The third kappa shape index (κ3) is 5.31. The van der Waals surface area contributed by atoms with Gasteiger partial charge in [0.05, 0.1) is 35.3 Å². The lowest BCUT2D eigenvalue weighted by Gasteiger charge is -2.43. The highest BCUT2D eigenvalue weighted by Gasteiger charge is 2.57. The van der Waals surface area contributed by atoms with Gasteiger partial charge in [0.1, 0.15) is 5.75 Å². The van der Waals surface area contributed by atoms with Crippen molar-refractivity contribution in [2.75, 3.05) is 11.5 Å². The standard InChI is InChI=1S/C33H31BClNO6/c35-28-17-25(38)13-11-22(28)15-21(20-7-3-1-4-8-20)12-14-29-30-23(19-37)16-26-31(27(30)18-34(41)42-29)33(40)36(32(26)39)24-9-5-2-6-10-24/h1-11,13,15,17,26-27,29,31,37-38,41H,12,14,16,18-19H2/b21-15-/t26-,27+,29-,31-/m1/s1. The number of benzene rings is 3. The number of carbonyl (C=O) groups is 2. The van der Waals surface area contributed by atoms with E-state index in [1.54, 1.807) is 36.4 Å². The number of imide groups is 1. The van der Waals surface area contributed by atoms with Crippen LogP contribution in [0, 0.1) is 17.8 Å². The lowest BCUT2D eigenvalue weighted by molar-refractivity contribution is -0.122. The smallest absolute Gasteiger partial charge is 0.455 e. The number of amides is 2. The number of para-hydroxylation sites is 1. The van der Waals surface area contributed by atoms with Gasteiger partial charge < -0.3 is 19.9 Å². The second kappa shape index (κ2) is 11.9. The van der Waals surface area contributed by atoms with E-state index in [2.05, 4.69) is 0 Å². The number of anilines is 1. The van der Waals surface area contributed by atoms with Gasteiger partial charge in [0.15, 0.2) is 0 Å². The largest absolute Gasteiger partial charge is 0.508 e. The molecule has 0 bridgehead atoms. The van der Waals surface area contributed by atoms with Gasteiger partial charge in [0.2, 0.25) is 11.8 Å². The molecule has 9 heteroatoms. The average molecular weight is 584 g/mol. The molecule has 2 heterocycles. The molecule has 0 aromatic heterocycles. The molecule has 0 spiro atoms. The van der Waals surface area contributed by atoms with Crippen molar-refractivity contribution >= 4 is 47.9 Å². The Morgan fingerprint density at radius 2 is 1.71 bits per heavy atom. The van der Waals surface area contributed by atoms with E-state index in [4.69, 9.17) is 16.3 Å². The number of aliphatic hydroxyl groups excluding tert-OH is 1. The van der Waals surface area contributed by atoms with E-state index < -0.39 is 31.0 Å². The van der Waals surface area contributed by atoms with Crippen molar-refractivity contribution in [3.63, 3.8) is 0 Å². The van der Waals surface area contributed by atoms with Crippen LogP contribution in [-0.4, -0.2) is 46.9 Å². The summed E-state index contributed by atoms with van der Waals surface area (Å²) in [5.74, 6) is -2.08. The Kier molecular flexibility index (Phi) is 8.05. The number of allylic oxidation sites excluding steroid dienone is 1. The molecule has 3 aliphatic rings. The van der Waals surface area contributed by atoms with E-state index in [1.165, 1.54) is 11.0 Å². The van der Waals surface area contributed by atoms with E-state index >= 15 is 0 Å². The zero-order valence-corrected chi connectivity index (χ0v) is 23.7. The maximum atomic E-state index is 13.8. The van der Waals surface area contributed by atoms with Gasteiger partial charge in [0.25, 0.3) is 0 Å². The topological polar surface area (TPSA) is 107 Å². The number of aliphatic hydroxyl groups is 1. The molecule has 0 radical (unpaired) electrons. The molecule has 42 heavy (non-hydrogen) atoms. The van der Waals surface area contributed by atoms with Crippen LogP contribution >= 0.6 is 11.6 Å². The first-order valence-corrected chi connectivity index (χ1v) is 14.6. The summed E-state index contributed by atoms with van der Waals surface area (Å²) in [6.45, 7) is -0.248. The highest BCUT2D eigenvalue weighted by atomic mass is 35.5. The molecule has 4 atom stereocenters. The van der Waals surface area contributed by atoms with Crippen LogP contribution < -0.4 is 4.90 Å². The van der Waals surface area contributed by atoms with Gasteiger partial charge in [-0.2, -0.15) is 0 Å². The first-order valence-electron chi connectivity index (χ1n) is 14.2. The summed E-state index contributed by atoms with van der Waals surface area (Å²) in [5.41, 5.74) is 4.79. The van der Waals surface area contributed by atoms with Crippen molar-refractivity contribution in [2.24, 2.45) is 17.8 Å². The van der Waals surface area contributed by atoms with Crippen molar-refractivity contribution in [3.8, 4) is 5.75 Å². The number of hydrogen-bond acceptors (Lipinski definition) is 6. The lowest BCUT2D eigenvalue weighted by Crippen LogP contribution is -2.46. The summed E-state index contributed by atoms with van der Waals surface area (Å²) in [6, 6.07) is 23.6. The molecule has 2 aliphatic heterocycles. The van der Waals surface area contributed by atoms with Crippen molar-refractivity contribution < 1.29 is 29.5 Å². The van der Waals surface area contributed by atoms with Crippen LogP contribution in [0.15, 0.2) is 90.0 Å². The predicted octanol–water partition coefficient (Wildman–Crippen LogP) is 5.36. The molecule has 3 N–H and O–H groups in total. The van der Waals surface area contributed by atoms with E-state index in [1.807, 2.05) is 42.5 Å². The monoisotopic (exact) mass is 583 g/mol. The summed E-state index contributed by atoms with van der Waals surface area (Å²) < 4.78 is 6.08. The van der Waals surface area contributed by atoms with Gasteiger partial charge in [-0.25, -0.2) is 0 Å². The minimum Gasteiger partial charge on any atom is -0.508 e. The maximum Gasteiger partial charge on any atom is 0.455 e. The highest BCUT2D eigenvalue weighted by Crippen LogP contribution is 2.51. The third-order valence-electron chi connectivity index (χ3n) is 8.65. The summed E-state index contributed by atoms with van der Waals surface area (Å²) in [6.07, 6.45) is 2.92. The Balaban J connectivity index is 1.32. The van der Waals surface area contributed by atoms with Crippen molar-refractivity contribution in [1.82, 2.24) is 0 Å². The average Bonchev–Trinajstić information content (AvgIpc) is 3.25. The number of fused-ring (bicyclic) bond motifs is 3. The molecule has 2 saturated heterocycles. The molecule has 1 aliphatic carbocycles. The van der Waals surface area contributed by atoms with Gasteiger partial charge >= 0.3 is 7.12 Å². The Labute approximate surface area is 249 Å². The van der Waals surface area contributed by atoms with Crippen LogP contribution in [-0.2, 0) is 14.2 Å². The highest BCUT2D eigenvalue weighted by molar-refractivity contribution is 6.43. The first-order chi connectivity index (χ1) is 20.4. The Bertz CT molecular complexity index is 1560. The van der Waals surface area contributed by atoms with Gasteiger partial charge in [-0.3, -0.25) is 14.5 Å². The molecular weight excluding hydrogens is 553 g/mol. The SMILES string of the molecule is O=C1[C@@H]2[C@@H](CC(CO)=C3[C@@H](CC/C(=C/c4ccc(O)cc4Cl)c4ccccc4)OB(O)C[C@@H]32)C(=O)N1c1ccccc1. The fourth-order valence-corrected chi connectivity index (χ4v) is 7.03. The van der Waals surface area contributed by atoms with Crippen LogP contribution in [0.2, 0.25) is 11.3 Å². The Morgan fingerprint density at radius 3 is 2.40 bits per heavy atom. The number of aromatic hydroxyl groups is 1. The normalized spacial score (nSPS) is 24.2. The van der Waals surface area contributed by atoms with E-state index in [0.717, 1.165) is 22.3 Å². The molecule has 3 aromatic carbocycles. The second-order valence-corrected chi connectivity index (χ2v) is 11.5. The van der Waals surface area contributed by atoms with E-state index in [9.17, 15) is 24.8 Å². The number of phenolic OH excluding ortho intramolecular Hbond substituents is 1. The van der Waals surface area contributed by atoms with Gasteiger partial charge in [0, 0.05) is 0 Å². The van der Waals surface area contributed by atoms with Crippen molar-refractivity contribution in [2.45, 2.75) is 31.7 Å². The number of phenols is 1.